The van der Waals surface area contributed by atoms with Crippen molar-refractivity contribution in [3.8, 4) is 28.8 Å². The molecule has 1 atom stereocenters. The highest BCUT2D eigenvalue weighted by Crippen LogP contribution is 2.35. The minimum Gasteiger partial charge on any atom is -0.454 e. The standard InChI is InChI=1S/C30H29F3N8O2/c1-30(2,36-3)13-17(14-34)29(42)40-11-5-6-18(40)15-41-28-24(27(35)37-16-38-28)26(39-41)20-10-9-19(12-22(20)32)43-23-8-4-7-21(31)25(23)33/h4,7-10,12-13,16,18,36H,5-6,11,15H2,1-3H3,(H2,35,37,38)/t18-/m0/s1. The Bertz CT molecular complexity index is 1780. The second-order valence-corrected chi connectivity index (χ2v) is 10.7. The van der Waals surface area contributed by atoms with Crippen molar-refractivity contribution in [3.05, 3.63) is 71.8 Å². The van der Waals surface area contributed by atoms with E-state index in [0.29, 0.717) is 24.0 Å². The largest absolute Gasteiger partial charge is 0.454 e. The van der Waals surface area contributed by atoms with Gasteiger partial charge in [0, 0.05) is 23.7 Å². The number of carbonyl (C=O) groups excluding carboxylic acids is 1. The number of anilines is 1. The van der Waals surface area contributed by atoms with E-state index in [9.17, 15) is 18.8 Å². The van der Waals surface area contributed by atoms with Gasteiger partial charge in [-0.25, -0.2) is 23.4 Å². The predicted octanol–water partition coefficient (Wildman–Crippen LogP) is 4.72. The van der Waals surface area contributed by atoms with E-state index in [1.165, 1.54) is 30.6 Å². The van der Waals surface area contributed by atoms with Crippen LogP contribution in [0.2, 0.25) is 0 Å². The lowest BCUT2D eigenvalue weighted by Crippen LogP contribution is -2.40. The molecular formula is C30H29F3N8O2. The summed E-state index contributed by atoms with van der Waals surface area (Å²) in [5.41, 5.74) is 6.23. The third-order valence-corrected chi connectivity index (χ3v) is 7.42. The Kier molecular flexibility index (Phi) is 8.06. The number of ether oxygens (including phenoxy) is 1. The summed E-state index contributed by atoms with van der Waals surface area (Å²) in [6.45, 7) is 4.40. The van der Waals surface area contributed by atoms with Gasteiger partial charge in [-0.1, -0.05) is 6.07 Å². The third kappa shape index (κ3) is 5.87. The highest BCUT2D eigenvalue weighted by Gasteiger charge is 2.33. The second kappa shape index (κ2) is 11.7. The molecule has 43 heavy (non-hydrogen) atoms. The Balaban J connectivity index is 1.47. The molecule has 0 aliphatic carbocycles. The number of benzene rings is 2. The van der Waals surface area contributed by atoms with Crippen LogP contribution in [0.15, 0.2) is 54.4 Å². The van der Waals surface area contributed by atoms with E-state index in [1.807, 2.05) is 19.9 Å². The fourth-order valence-electron chi connectivity index (χ4n) is 5.01. The maximum atomic E-state index is 15.5. The lowest BCUT2D eigenvalue weighted by molar-refractivity contribution is -0.127. The molecule has 2 aromatic carbocycles. The molecule has 1 fully saturated rings. The lowest BCUT2D eigenvalue weighted by atomic mass is 10.0. The molecule has 4 aromatic rings. The number of nitrogens with one attached hydrogen (secondary N) is 1. The van der Waals surface area contributed by atoms with Crippen molar-refractivity contribution in [1.82, 2.24) is 30.0 Å². The second-order valence-electron chi connectivity index (χ2n) is 10.7. The summed E-state index contributed by atoms with van der Waals surface area (Å²) in [4.78, 5) is 23.4. The number of hydrogen-bond donors (Lipinski definition) is 2. The van der Waals surface area contributed by atoms with Crippen LogP contribution < -0.4 is 15.8 Å². The zero-order chi connectivity index (χ0) is 30.9. The number of nitrogens with two attached hydrogens (primary N) is 1. The maximum absolute atomic E-state index is 15.5. The molecule has 0 radical (unpaired) electrons. The topological polar surface area (TPSA) is 135 Å². The van der Waals surface area contributed by atoms with Gasteiger partial charge < -0.3 is 20.7 Å². The molecular weight excluding hydrogens is 561 g/mol. The average Bonchev–Trinajstić information content (AvgIpc) is 3.60. The van der Waals surface area contributed by atoms with Crippen LogP contribution in [0, 0.1) is 28.8 Å². The molecule has 0 saturated carbocycles. The van der Waals surface area contributed by atoms with Gasteiger partial charge in [0.05, 0.1) is 18.0 Å². The summed E-state index contributed by atoms with van der Waals surface area (Å²) < 4.78 is 50.1. The van der Waals surface area contributed by atoms with Crippen LogP contribution in [0.5, 0.6) is 11.5 Å². The van der Waals surface area contributed by atoms with Gasteiger partial charge >= 0.3 is 0 Å². The summed E-state index contributed by atoms with van der Waals surface area (Å²) >= 11 is 0. The molecule has 5 rings (SSSR count). The molecule has 1 aliphatic rings. The number of aromatic nitrogens is 4. The van der Waals surface area contributed by atoms with Crippen molar-refractivity contribution >= 4 is 22.8 Å². The smallest absolute Gasteiger partial charge is 0.264 e. The molecule has 1 saturated heterocycles. The molecule has 222 valence electrons. The SMILES string of the molecule is CNC(C)(C)C=C(C#N)C(=O)N1CCC[C@H]1Cn1nc(-c2ccc(Oc3cccc(F)c3F)cc2F)c2c(N)ncnc21. The Morgan fingerprint density at radius 3 is 2.74 bits per heavy atom. The molecule has 0 spiro atoms. The Labute approximate surface area is 245 Å². The summed E-state index contributed by atoms with van der Waals surface area (Å²) in [6.07, 6.45) is 4.27. The summed E-state index contributed by atoms with van der Waals surface area (Å²) in [5.74, 6) is -3.78. The van der Waals surface area contributed by atoms with E-state index in [1.54, 1.807) is 22.7 Å². The van der Waals surface area contributed by atoms with Gasteiger partial charge in [0.2, 0.25) is 5.82 Å². The molecule has 0 bridgehead atoms. The molecule has 2 aromatic heterocycles. The van der Waals surface area contributed by atoms with Crippen molar-refractivity contribution in [2.24, 2.45) is 0 Å². The average molecular weight is 591 g/mol. The van der Waals surface area contributed by atoms with E-state index in [4.69, 9.17) is 10.5 Å². The van der Waals surface area contributed by atoms with Crippen LogP contribution in [0.3, 0.4) is 0 Å². The first kappa shape index (κ1) is 29.5. The van der Waals surface area contributed by atoms with Gasteiger partial charge in [0.15, 0.2) is 17.2 Å². The summed E-state index contributed by atoms with van der Waals surface area (Å²) in [5, 5.41) is 17.7. The third-order valence-electron chi connectivity index (χ3n) is 7.42. The first-order valence-corrected chi connectivity index (χ1v) is 13.5. The van der Waals surface area contributed by atoms with Crippen molar-refractivity contribution in [2.75, 3.05) is 19.3 Å². The van der Waals surface area contributed by atoms with Crippen LogP contribution in [0.4, 0.5) is 19.0 Å². The number of nitrogens with zero attached hydrogens (tertiary/aromatic N) is 6. The van der Waals surface area contributed by atoms with Gasteiger partial charge in [-0.2, -0.15) is 14.8 Å². The van der Waals surface area contributed by atoms with E-state index in [2.05, 4.69) is 20.4 Å². The Morgan fingerprint density at radius 1 is 1.23 bits per heavy atom. The summed E-state index contributed by atoms with van der Waals surface area (Å²) in [6, 6.07) is 8.99. The van der Waals surface area contributed by atoms with Gasteiger partial charge in [0.1, 0.15) is 41.0 Å². The lowest BCUT2D eigenvalue weighted by Gasteiger charge is -2.26. The predicted molar refractivity (Wildman–Crippen MR) is 153 cm³/mol. The zero-order valence-electron chi connectivity index (χ0n) is 23.7. The van der Waals surface area contributed by atoms with Gasteiger partial charge in [0.25, 0.3) is 5.91 Å². The minimum atomic E-state index is -1.19. The highest BCUT2D eigenvalue weighted by molar-refractivity contribution is 5.99. The number of nitriles is 1. The van der Waals surface area contributed by atoms with Crippen LogP contribution in [0.25, 0.3) is 22.3 Å². The van der Waals surface area contributed by atoms with Crippen molar-refractivity contribution < 1.29 is 22.7 Å². The quantitative estimate of drug-likeness (QED) is 0.222. The number of fused-ring (bicyclic) bond motifs is 1. The fourth-order valence-corrected chi connectivity index (χ4v) is 5.01. The van der Waals surface area contributed by atoms with Crippen molar-refractivity contribution in [1.29, 1.82) is 5.26 Å². The first-order chi connectivity index (χ1) is 20.5. The number of likely N-dealkylation sites (tertiary alicyclic amines) is 1. The molecule has 3 heterocycles. The normalized spacial score (nSPS) is 15.6. The van der Waals surface area contributed by atoms with Gasteiger partial charge in [-0.05, 0) is 64.1 Å². The monoisotopic (exact) mass is 590 g/mol. The number of likely N-dealkylation sites (N-methyl/N-ethyl adjacent to an activating group) is 1. The number of nitrogen functional groups attached to an aromatic ring is 1. The molecule has 3 N–H and O–H groups in total. The van der Waals surface area contributed by atoms with Crippen molar-refractivity contribution in [3.63, 3.8) is 0 Å². The van der Waals surface area contributed by atoms with E-state index >= 15 is 4.39 Å². The number of amides is 1. The molecule has 0 unspecified atom stereocenters. The molecule has 1 amide bonds. The number of hydrogen-bond acceptors (Lipinski definition) is 8. The molecule has 1 aliphatic heterocycles. The van der Waals surface area contributed by atoms with Gasteiger partial charge in [-0.15, -0.1) is 0 Å². The first-order valence-electron chi connectivity index (χ1n) is 13.5. The highest BCUT2D eigenvalue weighted by atomic mass is 19.2. The minimum absolute atomic E-state index is 0.0336. The van der Waals surface area contributed by atoms with Crippen LogP contribution >= 0.6 is 0 Å². The van der Waals surface area contributed by atoms with Crippen LogP contribution in [-0.2, 0) is 11.3 Å². The molecule has 13 heteroatoms. The van der Waals surface area contributed by atoms with Gasteiger partial charge in [-0.3, -0.25) is 4.79 Å². The Hall–Kier alpha value is -4.96. The summed E-state index contributed by atoms with van der Waals surface area (Å²) in [7, 11) is 1.75. The van der Waals surface area contributed by atoms with E-state index in [0.717, 1.165) is 18.6 Å². The fraction of sp³-hybridized carbons (Fsp3) is 0.300. The number of carbonyl (C=O) groups is 1. The van der Waals surface area contributed by atoms with Crippen LogP contribution in [0.1, 0.15) is 26.7 Å². The van der Waals surface area contributed by atoms with Crippen LogP contribution in [-0.4, -0.2) is 55.7 Å². The van der Waals surface area contributed by atoms with E-state index < -0.39 is 23.0 Å². The Morgan fingerprint density at radius 2 is 2.02 bits per heavy atom. The number of halogens is 3. The van der Waals surface area contributed by atoms with Crippen molar-refractivity contribution in [2.45, 2.75) is 44.8 Å². The molecule has 10 nitrogen and oxygen atoms in total. The number of rotatable bonds is 8. The zero-order valence-corrected chi connectivity index (χ0v) is 23.7. The van der Waals surface area contributed by atoms with E-state index in [-0.39, 0.29) is 52.6 Å². The maximum Gasteiger partial charge on any atom is 0.264 e.